The standard InChI is InChI=1S/C17H18BrNO2/c1-12(13-5-3-2-4-6-13)7-8-19-16-10-14(17(20)21)9-15(18)11-16/h2-6,9-12,19H,7-8H2,1H3,(H,20,21). The number of rotatable bonds is 6. The van der Waals surface area contributed by atoms with Crippen LogP contribution in [0, 0.1) is 0 Å². The molecule has 4 heteroatoms. The van der Waals surface area contributed by atoms with Gasteiger partial charge < -0.3 is 10.4 Å². The van der Waals surface area contributed by atoms with Crippen LogP contribution in [0.3, 0.4) is 0 Å². The SMILES string of the molecule is CC(CCNc1cc(Br)cc(C(=O)O)c1)c1ccccc1. The summed E-state index contributed by atoms with van der Waals surface area (Å²) in [5.41, 5.74) is 2.42. The van der Waals surface area contributed by atoms with Crippen molar-refractivity contribution in [3.8, 4) is 0 Å². The van der Waals surface area contributed by atoms with Crippen molar-refractivity contribution >= 4 is 27.6 Å². The molecule has 0 aromatic heterocycles. The van der Waals surface area contributed by atoms with Crippen molar-refractivity contribution in [2.45, 2.75) is 19.3 Å². The third-order valence-corrected chi connectivity index (χ3v) is 3.88. The van der Waals surface area contributed by atoms with Crippen molar-refractivity contribution in [1.82, 2.24) is 0 Å². The number of benzene rings is 2. The number of aromatic carboxylic acids is 1. The molecule has 0 aliphatic rings. The number of carboxylic acid groups (broad SMARTS) is 1. The number of halogens is 1. The summed E-state index contributed by atoms with van der Waals surface area (Å²) in [5, 5.41) is 12.3. The lowest BCUT2D eigenvalue weighted by molar-refractivity contribution is 0.0697. The second kappa shape index (κ2) is 7.27. The Kier molecular flexibility index (Phi) is 5.39. The topological polar surface area (TPSA) is 49.3 Å². The van der Waals surface area contributed by atoms with Gasteiger partial charge in [0.1, 0.15) is 0 Å². The molecule has 110 valence electrons. The van der Waals surface area contributed by atoms with Gasteiger partial charge in [0, 0.05) is 16.7 Å². The first-order valence-electron chi connectivity index (χ1n) is 6.89. The Morgan fingerprint density at radius 2 is 1.95 bits per heavy atom. The molecule has 1 unspecified atom stereocenters. The quantitative estimate of drug-likeness (QED) is 0.792. The summed E-state index contributed by atoms with van der Waals surface area (Å²) >= 11 is 3.34. The van der Waals surface area contributed by atoms with Crippen LogP contribution in [-0.2, 0) is 0 Å². The van der Waals surface area contributed by atoms with Gasteiger partial charge in [0.05, 0.1) is 5.56 Å². The van der Waals surface area contributed by atoms with Gasteiger partial charge >= 0.3 is 5.97 Å². The van der Waals surface area contributed by atoms with E-state index in [9.17, 15) is 4.79 Å². The molecule has 2 rings (SSSR count). The average molecular weight is 348 g/mol. The normalized spacial score (nSPS) is 11.9. The molecule has 0 fully saturated rings. The maximum absolute atomic E-state index is 11.0. The van der Waals surface area contributed by atoms with Crippen molar-refractivity contribution in [3.05, 3.63) is 64.1 Å². The van der Waals surface area contributed by atoms with Crippen molar-refractivity contribution < 1.29 is 9.90 Å². The molecule has 0 heterocycles. The van der Waals surface area contributed by atoms with Crippen LogP contribution in [0.15, 0.2) is 53.0 Å². The molecule has 2 aromatic rings. The van der Waals surface area contributed by atoms with E-state index >= 15 is 0 Å². The van der Waals surface area contributed by atoms with E-state index in [0.717, 1.165) is 23.1 Å². The zero-order chi connectivity index (χ0) is 15.2. The average Bonchev–Trinajstić information content (AvgIpc) is 2.47. The summed E-state index contributed by atoms with van der Waals surface area (Å²) in [7, 11) is 0. The highest BCUT2D eigenvalue weighted by Crippen LogP contribution is 2.22. The van der Waals surface area contributed by atoms with Crippen LogP contribution in [0.4, 0.5) is 5.69 Å². The van der Waals surface area contributed by atoms with Crippen LogP contribution < -0.4 is 5.32 Å². The summed E-state index contributed by atoms with van der Waals surface area (Å²) in [4.78, 5) is 11.0. The van der Waals surface area contributed by atoms with Crippen LogP contribution in [0.5, 0.6) is 0 Å². The maximum Gasteiger partial charge on any atom is 0.335 e. The van der Waals surface area contributed by atoms with Crippen molar-refractivity contribution in [3.63, 3.8) is 0 Å². The van der Waals surface area contributed by atoms with Gasteiger partial charge in [-0.05, 0) is 36.1 Å². The van der Waals surface area contributed by atoms with Gasteiger partial charge in [0.25, 0.3) is 0 Å². The van der Waals surface area contributed by atoms with Crippen molar-refractivity contribution in [2.24, 2.45) is 0 Å². The Morgan fingerprint density at radius 1 is 1.24 bits per heavy atom. The second-order valence-corrected chi connectivity index (χ2v) is 5.98. The van der Waals surface area contributed by atoms with E-state index in [1.165, 1.54) is 5.56 Å². The predicted octanol–water partition coefficient (Wildman–Crippen LogP) is 4.75. The largest absolute Gasteiger partial charge is 0.478 e. The number of anilines is 1. The minimum Gasteiger partial charge on any atom is -0.478 e. The summed E-state index contributed by atoms with van der Waals surface area (Å²) in [6.45, 7) is 2.99. The van der Waals surface area contributed by atoms with Crippen LogP contribution in [0.25, 0.3) is 0 Å². The molecular weight excluding hydrogens is 330 g/mol. The molecule has 3 nitrogen and oxygen atoms in total. The fourth-order valence-electron chi connectivity index (χ4n) is 2.20. The van der Waals surface area contributed by atoms with Gasteiger partial charge in [0.2, 0.25) is 0 Å². The van der Waals surface area contributed by atoms with E-state index in [2.05, 4.69) is 40.3 Å². The Morgan fingerprint density at radius 3 is 2.62 bits per heavy atom. The Labute approximate surface area is 133 Å². The van der Waals surface area contributed by atoms with Crippen molar-refractivity contribution in [1.29, 1.82) is 0 Å². The van der Waals surface area contributed by atoms with Crippen LogP contribution in [0.1, 0.15) is 35.2 Å². The minimum absolute atomic E-state index is 0.281. The summed E-state index contributed by atoms with van der Waals surface area (Å²) < 4.78 is 0.765. The molecule has 0 bridgehead atoms. The van der Waals surface area contributed by atoms with Gasteiger partial charge in [-0.15, -0.1) is 0 Å². The molecule has 1 atom stereocenters. The smallest absolute Gasteiger partial charge is 0.335 e. The van der Waals surface area contributed by atoms with E-state index < -0.39 is 5.97 Å². The first-order chi connectivity index (χ1) is 10.1. The van der Waals surface area contributed by atoms with Gasteiger partial charge in [-0.25, -0.2) is 4.79 Å². The molecule has 0 aliphatic heterocycles. The number of nitrogens with one attached hydrogen (secondary N) is 1. The summed E-state index contributed by atoms with van der Waals surface area (Å²) in [6, 6.07) is 15.5. The highest BCUT2D eigenvalue weighted by molar-refractivity contribution is 9.10. The van der Waals surface area contributed by atoms with Crippen LogP contribution >= 0.6 is 15.9 Å². The van der Waals surface area contributed by atoms with E-state index in [1.807, 2.05) is 24.3 Å². The predicted molar refractivity (Wildman–Crippen MR) is 89.1 cm³/mol. The van der Waals surface area contributed by atoms with E-state index in [1.54, 1.807) is 12.1 Å². The van der Waals surface area contributed by atoms with Gasteiger partial charge in [-0.2, -0.15) is 0 Å². The van der Waals surface area contributed by atoms with E-state index in [-0.39, 0.29) is 5.56 Å². The number of carboxylic acids is 1. The monoisotopic (exact) mass is 347 g/mol. The lowest BCUT2D eigenvalue weighted by atomic mass is 9.98. The first-order valence-corrected chi connectivity index (χ1v) is 7.68. The van der Waals surface area contributed by atoms with Gasteiger partial charge in [0.15, 0.2) is 0 Å². The maximum atomic E-state index is 11.0. The molecular formula is C17H18BrNO2. The Balaban J connectivity index is 1.93. The molecule has 0 amide bonds. The van der Waals surface area contributed by atoms with E-state index in [0.29, 0.717) is 5.92 Å². The number of hydrogen-bond acceptors (Lipinski definition) is 2. The van der Waals surface area contributed by atoms with Crippen LogP contribution in [0.2, 0.25) is 0 Å². The molecule has 0 saturated carbocycles. The molecule has 2 N–H and O–H groups in total. The first kappa shape index (κ1) is 15.6. The molecule has 2 aromatic carbocycles. The Hall–Kier alpha value is -1.81. The highest BCUT2D eigenvalue weighted by Gasteiger charge is 2.07. The van der Waals surface area contributed by atoms with E-state index in [4.69, 9.17) is 5.11 Å². The summed E-state index contributed by atoms with van der Waals surface area (Å²) in [5.74, 6) is -0.457. The molecule has 0 radical (unpaired) electrons. The third kappa shape index (κ3) is 4.60. The Bertz CT molecular complexity index is 613. The van der Waals surface area contributed by atoms with Gasteiger partial charge in [-0.1, -0.05) is 53.2 Å². The zero-order valence-electron chi connectivity index (χ0n) is 11.8. The second-order valence-electron chi connectivity index (χ2n) is 5.06. The molecule has 0 spiro atoms. The lowest BCUT2D eigenvalue weighted by Crippen LogP contribution is -2.07. The molecule has 0 saturated heterocycles. The number of carbonyl (C=O) groups is 1. The van der Waals surface area contributed by atoms with Crippen LogP contribution in [-0.4, -0.2) is 17.6 Å². The van der Waals surface area contributed by atoms with Gasteiger partial charge in [-0.3, -0.25) is 0 Å². The zero-order valence-corrected chi connectivity index (χ0v) is 13.4. The lowest BCUT2D eigenvalue weighted by Gasteiger charge is -2.13. The molecule has 0 aliphatic carbocycles. The highest BCUT2D eigenvalue weighted by atomic mass is 79.9. The fraction of sp³-hybridized carbons (Fsp3) is 0.235. The third-order valence-electron chi connectivity index (χ3n) is 3.42. The molecule has 21 heavy (non-hydrogen) atoms. The fourth-order valence-corrected chi connectivity index (χ4v) is 2.69. The summed E-state index contributed by atoms with van der Waals surface area (Å²) in [6.07, 6.45) is 0.985. The van der Waals surface area contributed by atoms with Crippen molar-refractivity contribution in [2.75, 3.05) is 11.9 Å². The number of hydrogen-bond donors (Lipinski definition) is 2. The minimum atomic E-state index is -0.919.